The Morgan fingerprint density at radius 3 is 2.70 bits per heavy atom. The fourth-order valence-electron chi connectivity index (χ4n) is 2.49. The molecule has 0 radical (unpaired) electrons. The minimum atomic E-state index is -0.320. The number of ether oxygens (including phenoxy) is 1. The van der Waals surface area contributed by atoms with Gasteiger partial charge in [-0.25, -0.2) is 4.39 Å². The fraction of sp³-hybridized carbons (Fsp3) is 0.211. The number of methoxy groups -OCH3 is 1. The van der Waals surface area contributed by atoms with E-state index in [4.69, 9.17) is 4.74 Å². The topological polar surface area (TPSA) is 69.0 Å². The highest BCUT2D eigenvalue weighted by molar-refractivity contribution is 7.99. The average Bonchev–Trinajstić information content (AvgIpc) is 3.05. The van der Waals surface area contributed by atoms with Gasteiger partial charge in [0.05, 0.1) is 12.9 Å². The van der Waals surface area contributed by atoms with Gasteiger partial charge in [0.2, 0.25) is 5.91 Å². The van der Waals surface area contributed by atoms with Gasteiger partial charge in [-0.2, -0.15) is 0 Å². The van der Waals surface area contributed by atoms with Crippen LogP contribution in [0.5, 0.6) is 5.75 Å². The van der Waals surface area contributed by atoms with Crippen molar-refractivity contribution >= 4 is 17.7 Å². The number of nitrogens with zero attached hydrogens (tertiary/aromatic N) is 3. The average molecular weight is 386 g/mol. The van der Waals surface area contributed by atoms with E-state index in [2.05, 4.69) is 15.5 Å². The lowest BCUT2D eigenvalue weighted by molar-refractivity contribution is -0.118. The van der Waals surface area contributed by atoms with E-state index in [1.807, 2.05) is 35.8 Å². The van der Waals surface area contributed by atoms with Crippen LogP contribution >= 0.6 is 11.8 Å². The fourth-order valence-corrected chi connectivity index (χ4v) is 3.32. The third-order valence-corrected chi connectivity index (χ3v) is 4.77. The predicted octanol–water partition coefficient (Wildman–Crippen LogP) is 3.13. The van der Waals surface area contributed by atoms with E-state index >= 15 is 0 Å². The highest BCUT2D eigenvalue weighted by atomic mass is 32.2. The van der Waals surface area contributed by atoms with Gasteiger partial charge in [0.15, 0.2) is 5.16 Å². The zero-order chi connectivity index (χ0) is 19.2. The molecule has 1 amide bonds. The van der Waals surface area contributed by atoms with Gasteiger partial charge in [-0.3, -0.25) is 9.36 Å². The van der Waals surface area contributed by atoms with Crippen molar-refractivity contribution in [3.8, 4) is 11.4 Å². The van der Waals surface area contributed by atoms with Crippen LogP contribution in [0.1, 0.15) is 11.4 Å². The van der Waals surface area contributed by atoms with Crippen molar-refractivity contribution in [1.29, 1.82) is 0 Å². The van der Waals surface area contributed by atoms with Crippen LogP contribution < -0.4 is 10.1 Å². The molecule has 1 heterocycles. The summed E-state index contributed by atoms with van der Waals surface area (Å²) in [5.41, 5.74) is 1.60. The first kappa shape index (κ1) is 18.9. The molecule has 6 nitrogen and oxygen atoms in total. The van der Waals surface area contributed by atoms with Crippen LogP contribution in [0.4, 0.5) is 4.39 Å². The van der Waals surface area contributed by atoms with E-state index in [1.165, 1.54) is 23.9 Å². The highest BCUT2D eigenvalue weighted by Gasteiger charge is 2.13. The van der Waals surface area contributed by atoms with E-state index in [1.54, 1.807) is 19.2 Å². The molecule has 140 valence electrons. The smallest absolute Gasteiger partial charge is 0.230 e. The molecule has 0 unspecified atom stereocenters. The van der Waals surface area contributed by atoms with Crippen molar-refractivity contribution in [3.05, 3.63) is 65.7 Å². The zero-order valence-corrected chi connectivity index (χ0v) is 15.8. The molecule has 8 heteroatoms. The molecule has 3 rings (SSSR count). The molecule has 0 aliphatic carbocycles. The second kappa shape index (κ2) is 8.68. The van der Waals surface area contributed by atoms with Gasteiger partial charge in [0.1, 0.15) is 17.4 Å². The molecule has 0 saturated heterocycles. The summed E-state index contributed by atoms with van der Waals surface area (Å²) in [5.74, 6) is 1.19. The van der Waals surface area contributed by atoms with E-state index < -0.39 is 0 Å². The third kappa shape index (κ3) is 4.85. The summed E-state index contributed by atoms with van der Waals surface area (Å²) in [6.45, 7) is 2.13. The SMILES string of the molecule is COc1ccc(-n2c(C)nnc2SCC(=O)NCc2cccc(F)c2)cc1. The number of rotatable bonds is 7. The van der Waals surface area contributed by atoms with Gasteiger partial charge < -0.3 is 10.1 Å². The molecule has 2 aromatic carbocycles. The number of hydrogen-bond donors (Lipinski definition) is 1. The lowest BCUT2D eigenvalue weighted by Gasteiger charge is -2.09. The van der Waals surface area contributed by atoms with Gasteiger partial charge in [-0.15, -0.1) is 10.2 Å². The monoisotopic (exact) mass is 386 g/mol. The van der Waals surface area contributed by atoms with Crippen molar-refractivity contribution in [2.75, 3.05) is 12.9 Å². The molecule has 0 saturated carbocycles. The molecular weight excluding hydrogens is 367 g/mol. The van der Waals surface area contributed by atoms with Gasteiger partial charge in [-0.05, 0) is 48.9 Å². The third-order valence-electron chi connectivity index (χ3n) is 3.84. The van der Waals surface area contributed by atoms with Crippen LogP contribution in [0.15, 0.2) is 53.7 Å². The number of halogens is 1. The Balaban J connectivity index is 1.61. The Kier molecular flexibility index (Phi) is 6.08. The number of carbonyl (C=O) groups is 1. The quantitative estimate of drug-likeness (QED) is 0.632. The Morgan fingerprint density at radius 2 is 2.00 bits per heavy atom. The molecule has 27 heavy (non-hydrogen) atoms. The first-order chi connectivity index (χ1) is 13.1. The number of amides is 1. The molecule has 0 bridgehead atoms. The van der Waals surface area contributed by atoms with Crippen LogP contribution in [0.25, 0.3) is 5.69 Å². The number of carbonyl (C=O) groups excluding carboxylic acids is 1. The van der Waals surface area contributed by atoms with Crippen LogP contribution in [-0.2, 0) is 11.3 Å². The number of aryl methyl sites for hydroxylation is 1. The minimum absolute atomic E-state index is 0.161. The summed E-state index contributed by atoms with van der Waals surface area (Å²) in [7, 11) is 1.61. The number of benzene rings is 2. The minimum Gasteiger partial charge on any atom is -0.497 e. The van der Waals surface area contributed by atoms with Gasteiger partial charge >= 0.3 is 0 Å². The molecule has 0 atom stereocenters. The first-order valence-electron chi connectivity index (χ1n) is 8.27. The zero-order valence-electron chi connectivity index (χ0n) is 15.0. The van der Waals surface area contributed by atoms with E-state index in [0.29, 0.717) is 10.7 Å². The second-order valence-electron chi connectivity index (χ2n) is 5.76. The standard InChI is InChI=1S/C19H19FN4O2S/c1-13-22-23-19(24(13)16-6-8-17(26-2)9-7-16)27-12-18(25)21-11-14-4-3-5-15(20)10-14/h3-10H,11-12H2,1-2H3,(H,21,25). The number of nitrogens with one attached hydrogen (secondary N) is 1. The molecule has 1 aromatic heterocycles. The summed E-state index contributed by atoms with van der Waals surface area (Å²) >= 11 is 1.29. The summed E-state index contributed by atoms with van der Waals surface area (Å²) in [4.78, 5) is 12.1. The Bertz CT molecular complexity index is 928. The Morgan fingerprint density at radius 1 is 1.22 bits per heavy atom. The van der Waals surface area contributed by atoms with Gasteiger partial charge in [0, 0.05) is 12.2 Å². The highest BCUT2D eigenvalue weighted by Crippen LogP contribution is 2.23. The normalized spacial score (nSPS) is 10.6. The molecule has 3 aromatic rings. The van der Waals surface area contributed by atoms with Crippen molar-refractivity contribution in [1.82, 2.24) is 20.1 Å². The maximum atomic E-state index is 13.2. The largest absolute Gasteiger partial charge is 0.497 e. The van der Waals surface area contributed by atoms with Crippen LogP contribution in [0.2, 0.25) is 0 Å². The van der Waals surface area contributed by atoms with Crippen molar-refractivity contribution in [2.24, 2.45) is 0 Å². The number of thioether (sulfide) groups is 1. The predicted molar refractivity (Wildman–Crippen MR) is 102 cm³/mol. The van der Waals surface area contributed by atoms with Crippen molar-refractivity contribution in [2.45, 2.75) is 18.6 Å². The van der Waals surface area contributed by atoms with Gasteiger partial charge in [0.25, 0.3) is 0 Å². The molecule has 1 N–H and O–H groups in total. The molecule has 0 aliphatic heterocycles. The first-order valence-corrected chi connectivity index (χ1v) is 9.26. The molecule has 0 fully saturated rings. The molecule has 0 aliphatic rings. The summed E-state index contributed by atoms with van der Waals surface area (Å²) in [6.07, 6.45) is 0. The number of aromatic nitrogens is 3. The summed E-state index contributed by atoms with van der Waals surface area (Å²) in [5, 5.41) is 11.7. The summed E-state index contributed by atoms with van der Waals surface area (Å²) < 4.78 is 20.2. The second-order valence-corrected chi connectivity index (χ2v) is 6.70. The van der Waals surface area contributed by atoms with E-state index in [0.717, 1.165) is 17.3 Å². The molecular formula is C19H19FN4O2S. The van der Waals surface area contributed by atoms with Crippen LogP contribution in [0.3, 0.4) is 0 Å². The van der Waals surface area contributed by atoms with E-state index in [-0.39, 0.29) is 24.0 Å². The van der Waals surface area contributed by atoms with E-state index in [9.17, 15) is 9.18 Å². The lowest BCUT2D eigenvalue weighted by Crippen LogP contribution is -2.24. The Labute approximate surface area is 160 Å². The molecule has 0 spiro atoms. The summed E-state index contributed by atoms with van der Waals surface area (Å²) in [6, 6.07) is 13.7. The number of hydrogen-bond acceptors (Lipinski definition) is 5. The van der Waals surface area contributed by atoms with Crippen molar-refractivity contribution in [3.63, 3.8) is 0 Å². The van der Waals surface area contributed by atoms with Crippen molar-refractivity contribution < 1.29 is 13.9 Å². The maximum absolute atomic E-state index is 13.2. The maximum Gasteiger partial charge on any atom is 0.230 e. The lowest BCUT2D eigenvalue weighted by atomic mass is 10.2. The van der Waals surface area contributed by atoms with Crippen LogP contribution in [0, 0.1) is 12.7 Å². The van der Waals surface area contributed by atoms with Crippen LogP contribution in [-0.4, -0.2) is 33.5 Å². The Hall–Kier alpha value is -2.87. The van der Waals surface area contributed by atoms with Gasteiger partial charge in [-0.1, -0.05) is 23.9 Å².